The summed E-state index contributed by atoms with van der Waals surface area (Å²) in [5.74, 6) is 2.99. The van der Waals surface area contributed by atoms with Crippen LogP contribution in [0.15, 0.2) is 29.2 Å². The lowest BCUT2D eigenvalue weighted by molar-refractivity contribution is 0.385. The van der Waals surface area contributed by atoms with Gasteiger partial charge < -0.3 is 0 Å². The van der Waals surface area contributed by atoms with Gasteiger partial charge in [-0.15, -0.1) is 0 Å². The zero-order valence-corrected chi connectivity index (χ0v) is 21.1. The highest BCUT2D eigenvalue weighted by atomic mass is 32.2. The molecule has 0 heterocycles. The highest BCUT2D eigenvalue weighted by Crippen LogP contribution is 2.26. The Kier molecular flexibility index (Phi) is 12.9. The largest absolute Gasteiger partial charge is 0.296 e. The van der Waals surface area contributed by atoms with Gasteiger partial charge in [-0.2, -0.15) is 8.42 Å². The number of unbranched alkanes of at least 4 members (excludes halogenated alkanes) is 1. The van der Waals surface area contributed by atoms with Gasteiger partial charge in [-0.05, 0) is 47.8 Å². The molecule has 0 saturated heterocycles. The van der Waals surface area contributed by atoms with E-state index in [1.54, 1.807) is 12.1 Å². The quantitative estimate of drug-likeness (QED) is 0.194. The van der Waals surface area contributed by atoms with Crippen LogP contribution in [0.4, 0.5) is 0 Å². The Balaban J connectivity index is 2.19. The zero-order valence-electron chi connectivity index (χ0n) is 20.3. The van der Waals surface area contributed by atoms with E-state index in [-0.39, 0.29) is 4.90 Å². The highest BCUT2D eigenvalue weighted by molar-refractivity contribution is 7.86. The molecule has 174 valence electrons. The third-order valence-corrected chi connectivity index (χ3v) is 7.70. The molecule has 0 fully saturated rings. The van der Waals surface area contributed by atoms with Gasteiger partial charge in [0.2, 0.25) is 0 Å². The summed E-state index contributed by atoms with van der Waals surface area (Å²) in [4.78, 5) is 0.226. The van der Waals surface area contributed by atoms with Crippen molar-refractivity contribution in [3.05, 3.63) is 29.8 Å². The minimum absolute atomic E-state index is 0.226. The van der Waals surface area contributed by atoms with Crippen molar-refractivity contribution in [3.63, 3.8) is 0 Å². The first kappa shape index (κ1) is 27.2. The van der Waals surface area contributed by atoms with Crippen LogP contribution >= 0.6 is 0 Å². The van der Waals surface area contributed by atoms with Crippen molar-refractivity contribution in [2.24, 2.45) is 17.8 Å². The monoisotopic (exact) mass is 438 g/mol. The molecule has 3 nitrogen and oxygen atoms in total. The molecule has 0 N–H and O–H groups in total. The van der Waals surface area contributed by atoms with Crippen LogP contribution in [-0.2, 0) is 14.3 Å². The molecule has 0 spiro atoms. The minimum atomic E-state index is -3.59. The molecule has 0 aliphatic rings. The van der Waals surface area contributed by atoms with Gasteiger partial charge in [-0.1, -0.05) is 105 Å². The smallest absolute Gasteiger partial charge is 0.270 e. The third-order valence-electron chi connectivity index (χ3n) is 6.41. The topological polar surface area (TPSA) is 43.4 Å². The first-order chi connectivity index (χ1) is 14.2. The molecule has 0 aliphatic heterocycles. The summed E-state index contributed by atoms with van der Waals surface area (Å²) in [6.45, 7) is 11.7. The fourth-order valence-electron chi connectivity index (χ4n) is 4.15. The van der Waals surface area contributed by atoms with Crippen LogP contribution in [0.3, 0.4) is 0 Å². The van der Waals surface area contributed by atoms with Gasteiger partial charge in [0.15, 0.2) is 0 Å². The molecule has 0 amide bonds. The standard InChI is InChI=1S/C26H46O3S/c1-21(2)11-9-13-23(4)15-10-14-22(3)12-7-8-16-24(5)25-17-19-26(20-18-25)30(27,28)29-6/h17-24H,7-16H2,1-6H3. The van der Waals surface area contributed by atoms with Crippen LogP contribution in [0.2, 0.25) is 0 Å². The van der Waals surface area contributed by atoms with E-state index in [0.717, 1.165) is 24.2 Å². The normalized spacial score (nSPS) is 15.3. The zero-order chi connectivity index (χ0) is 22.6. The van der Waals surface area contributed by atoms with Gasteiger partial charge in [0.25, 0.3) is 10.1 Å². The summed E-state index contributed by atoms with van der Waals surface area (Å²) in [6, 6.07) is 7.14. The average Bonchev–Trinajstić information content (AvgIpc) is 2.70. The molecular weight excluding hydrogens is 392 g/mol. The summed E-state index contributed by atoms with van der Waals surface area (Å²) in [5.41, 5.74) is 1.20. The first-order valence-corrected chi connectivity index (χ1v) is 13.5. The van der Waals surface area contributed by atoms with Crippen LogP contribution in [0.5, 0.6) is 0 Å². The van der Waals surface area contributed by atoms with Crippen LogP contribution < -0.4 is 0 Å². The fourth-order valence-corrected chi connectivity index (χ4v) is 4.81. The van der Waals surface area contributed by atoms with Crippen molar-refractivity contribution in [1.82, 2.24) is 0 Å². The van der Waals surface area contributed by atoms with Crippen LogP contribution in [-0.4, -0.2) is 15.5 Å². The lowest BCUT2D eigenvalue weighted by Gasteiger charge is -2.16. The summed E-state index contributed by atoms with van der Waals surface area (Å²) in [7, 11) is -2.40. The van der Waals surface area contributed by atoms with E-state index in [1.165, 1.54) is 70.5 Å². The molecule has 1 aromatic rings. The van der Waals surface area contributed by atoms with Gasteiger partial charge in [0, 0.05) is 0 Å². The number of benzene rings is 1. The summed E-state index contributed by atoms with van der Waals surface area (Å²) in [6.07, 6.45) is 13.2. The molecule has 1 rings (SSSR count). The van der Waals surface area contributed by atoms with Crippen molar-refractivity contribution in [3.8, 4) is 0 Å². The minimum Gasteiger partial charge on any atom is -0.270 e. The molecule has 0 bridgehead atoms. The fraction of sp³-hybridized carbons (Fsp3) is 0.769. The molecule has 3 unspecified atom stereocenters. The Bertz CT molecular complexity index is 664. The predicted molar refractivity (Wildman–Crippen MR) is 128 cm³/mol. The van der Waals surface area contributed by atoms with Crippen LogP contribution in [0.25, 0.3) is 0 Å². The Morgan fingerprint density at radius 3 is 1.67 bits per heavy atom. The summed E-state index contributed by atoms with van der Waals surface area (Å²) < 4.78 is 28.0. The molecule has 0 saturated carbocycles. The maximum absolute atomic E-state index is 11.7. The van der Waals surface area contributed by atoms with E-state index in [1.807, 2.05) is 12.1 Å². The Hall–Kier alpha value is -0.870. The SMILES string of the molecule is COS(=O)(=O)c1ccc(C(C)CCCCC(C)CCCC(C)CCCC(C)C)cc1. The van der Waals surface area contributed by atoms with Crippen molar-refractivity contribution >= 4 is 10.1 Å². The van der Waals surface area contributed by atoms with Gasteiger partial charge in [-0.25, -0.2) is 0 Å². The number of hydrogen-bond acceptors (Lipinski definition) is 3. The van der Waals surface area contributed by atoms with Gasteiger partial charge in [0.05, 0.1) is 12.0 Å². The lowest BCUT2D eigenvalue weighted by atomic mass is 9.90. The Morgan fingerprint density at radius 2 is 1.17 bits per heavy atom. The summed E-state index contributed by atoms with van der Waals surface area (Å²) >= 11 is 0. The molecule has 30 heavy (non-hydrogen) atoms. The van der Waals surface area contributed by atoms with Crippen LogP contribution in [0.1, 0.15) is 110 Å². The second-order valence-corrected chi connectivity index (χ2v) is 11.6. The Labute approximate surface area is 187 Å². The molecule has 0 aliphatic carbocycles. The number of hydrogen-bond donors (Lipinski definition) is 0. The average molecular weight is 439 g/mol. The van der Waals surface area contributed by atoms with E-state index >= 15 is 0 Å². The molecule has 0 radical (unpaired) electrons. The van der Waals surface area contributed by atoms with Gasteiger partial charge in [0.1, 0.15) is 0 Å². The second-order valence-electron chi connectivity index (χ2n) is 9.84. The van der Waals surface area contributed by atoms with Crippen molar-refractivity contribution in [2.75, 3.05) is 7.11 Å². The maximum atomic E-state index is 11.7. The van der Waals surface area contributed by atoms with E-state index < -0.39 is 10.1 Å². The van der Waals surface area contributed by atoms with Crippen molar-refractivity contribution in [1.29, 1.82) is 0 Å². The van der Waals surface area contributed by atoms with Gasteiger partial charge in [-0.3, -0.25) is 4.18 Å². The summed E-state index contributed by atoms with van der Waals surface area (Å²) in [5, 5.41) is 0. The molecular formula is C26H46O3S. The van der Waals surface area contributed by atoms with E-state index in [2.05, 4.69) is 38.8 Å². The number of rotatable bonds is 16. The van der Waals surface area contributed by atoms with Crippen molar-refractivity contribution < 1.29 is 12.6 Å². The van der Waals surface area contributed by atoms with Crippen LogP contribution in [0, 0.1) is 17.8 Å². The van der Waals surface area contributed by atoms with Gasteiger partial charge >= 0.3 is 0 Å². The second kappa shape index (κ2) is 14.2. The first-order valence-electron chi connectivity index (χ1n) is 12.1. The lowest BCUT2D eigenvalue weighted by Crippen LogP contribution is -2.03. The van der Waals surface area contributed by atoms with Crippen molar-refractivity contribution in [2.45, 2.75) is 110 Å². The molecule has 3 atom stereocenters. The highest BCUT2D eigenvalue weighted by Gasteiger charge is 2.14. The molecule has 4 heteroatoms. The maximum Gasteiger partial charge on any atom is 0.296 e. The van der Waals surface area contributed by atoms with E-state index in [9.17, 15) is 8.42 Å². The molecule has 0 aromatic heterocycles. The molecule has 1 aromatic carbocycles. The Morgan fingerprint density at radius 1 is 0.700 bits per heavy atom. The predicted octanol–water partition coefficient (Wildman–Crippen LogP) is 7.95. The van der Waals surface area contributed by atoms with E-state index in [0.29, 0.717) is 5.92 Å². The third kappa shape index (κ3) is 10.9. The van der Waals surface area contributed by atoms with E-state index in [4.69, 9.17) is 0 Å².